The first-order chi connectivity index (χ1) is 14.5. The van der Waals surface area contributed by atoms with E-state index in [0.717, 1.165) is 29.3 Å². The molecule has 2 aliphatic rings. The van der Waals surface area contributed by atoms with Gasteiger partial charge < -0.3 is 20.1 Å². The minimum absolute atomic E-state index is 0.0941. The minimum atomic E-state index is -0.710. The molecule has 2 amide bonds. The van der Waals surface area contributed by atoms with E-state index in [2.05, 4.69) is 10.4 Å². The van der Waals surface area contributed by atoms with Crippen LogP contribution >= 0.6 is 11.6 Å². The van der Waals surface area contributed by atoms with Crippen LogP contribution in [0.25, 0.3) is 10.9 Å². The summed E-state index contributed by atoms with van der Waals surface area (Å²) in [6, 6.07) is 3.68. The second-order valence-electron chi connectivity index (χ2n) is 9.63. The largest absolute Gasteiger partial charge is 0.444 e. The molecule has 1 unspecified atom stereocenters. The molecule has 2 aliphatic heterocycles. The Kier molecular flexibility index (Phi) is 5.42. The van der Waals surface area contributed by atoms with Crippen molar-refractivity contribution < 1.29 is 19.4 Å². The van der Waals surface area contributed by atoms with E-state index < -0.39 is 23.3 Å². The number of hydrogen-bond acceptors (Lipinski definition) is 5. The third-order valence-corrected chi connectivity index (χ3v) is 6.64. The highest BCUT2D eigenvalue weighted by molar-refractivity contribution is 6.31. The number of benzene rings is 1. The van der Waals surface area contributed by atoms with Gasteiger partial charge in [0.15, 0.2) is 0 Å². The summed E-state index contributed by atoms with van der Waals surface area (Å²) in [6.07, 6.45) is 1.94. The Morgan fingerprint density at radius 1 is 1.32 bits per heavy atom. The number of aliphatic hydroxyl groups excluding tert-OH is 1. The summed E-state index contributed by atoms with van der Waals surface area (Å²) in [5.41, 5.74) is 0.531. The van der Waals surface area contributed by atoms with Gasteiger partial charge in [-0.05, 0) is 58.6 Å². The summed E-state index contributed by atoms with van der Waals surface area (Å²) in [7, 11) is 0. The maximum Gasteiger partial charge on any atom is 0.408 e. The Bertz CT molecular complexity index is 1020. The SMILES string of the molecule is CC(C)(C)OC(=O)NCC(=O)N1CCC(C2(C)[C@H](O)c3cc(Cl)cc4cnn2c34)CC1. The maximum absolute atomic E-state index is 12.5. The number of nitrogens with one attached hydrogen (secondary N) is 1. The van der Waals surface area contributed by atoms with Gasteiger partial charge in [-0.1, -0.05) is 11.6 Å². The number of piperidine rings is 1. The molecule has 2 aromatic rings. The third kappa shape index (κ3) is 3.87. The number of hydrogen-bond donors (Lipinski definition) is 2. The van der Waals surface area contributed by atoms with Gasteiger partial charge in [0, 0.05) is 29.1 Å². The first kappa shape index (κ1) is 21.9. The summed E-state index contributed by atoms with van der Waals surface area (Å²) in [5.74, 6) is -0.00220. The number of amides is 2. The molecule has 4 rings (SSSR count). The Hall–Kier alpha value is -2.32. The van der Waals surface area contributed by atoms with Crippen molar-refractivity contribution in [1.82, 2.24) is 20.0 Å². The fourth-order valence-electron chi connectivity index (χ4n) is 4.85. The lowest BCUT2D eigenvalue weighted by molar-refractivity contribution is -0.132. The summed E-state index contributed by atoms with van der Waals surface area (Å²) in [5, 5.41) is 19.8. The molecule has 2 N–H and O–H groups in total. The molecular formula is C22H29ClN4O4. The van der Waals surface area contributed by atoms with Crippen LogP contribution in [-0.4, -0.2) is 57.0 Å². The second-order valence-corrected chi connectivity index (χ2v) is 10.1. The molecule has 168 valence electrons. The molecular weight excluding hydrogens is 420 g/mol. The topological polar surface area (TPSA) is 96.7 Å². The summed E-state index contributed by atoms with van der Waals surface area (Å²) in [4.78, 5) is 26.1. The quantitative estimate of drug-likeness (QED) is 0.751. The van der Waals surface area contributed by atoms with E-state index in [4.69, 9.17) is 16.3 Å². The van der Waals surface area contributed by atoms with Crippen molar-refractivity contribution in [3.63, 3.8) is 0 Å². The van der Waals surface area contributed by atoms with Crippen molar-refractivity contribution in [3.05, 3.63) is 28.9 Å². The van der Waals surface area contributed by atoms with Crippen LogP contribution < -0.4 is 5.32 Å². The highest BCUT2D eigenvalue weighted by atomic mass is 35.5. The summed E-state index contributed by atoms with van der Waals surface area (Å²) in [6.45, 7) is 8.38. The lowest BCUT2D eigenvalue weighted by atomic mass is 9.75. The summed E-state index contributed by atoms with van der Waals surface area (Å²) < 4.78 is 7.11. The van der Waals surface area contributed by atoms with Crippen LogP contribution in [0.15, 0.2) is 18.3 Å². The van der Waals surface area contributed by atoms with Crippen molar-refractivity contribution in [1.29, 1.82) is 0 Å². The number of aliphatic hydroxyl groups is 1. The molecule has 9 heteroatoms. The summed E-state index contributed by atoms with van der Waals surface area (Å²) >= 11 is 6.24. The lowest BCUT2D eigenvalue weighted by Crippen LogP contribution is -2.50. The first-order valence-electron chi connectivity index (χ1n) is 10.6. The highest BCUT2D eigenvalue weighted by Crippen LogP contribution is 2.51. The fraction of sp³-hybridized carbons (Fsp3) is 0.591. The van der Waals surface area contributed by atoms with Crippen LogP contribution in [0.4, 0.5) is 4.79 Å². The van der Waals surface area contributed by atoms with Gasteiger partial charge in [0.05, 0.1) is 17.3 Å². The number of alkyl carbamates (subject to hydrolysis) is 1. The normalized spacial score (nSPS) is 23.9. The van der Waals surface area contributed by atoms with Crippen molar-refractivity contribution in [2.45, 2.75) is 57.8 Å². The zero-order valence-corrected chi connectivity index (χ0v) is 19.1. The number of halogens is 1. The molecule has 2 atom stereocenters. The zero-order chi connectivity index (χ0) is 22.6. The van der Waals surface area contributed by atoms with Gasteiger partial charge in [-0.25, -0.2) is 4.79 Å². The molecule has 0 radical (unpaired) electrons. The van der Waals surface area contributed by atoms with Gasteiger partial charge in [0.25, 0.3) is 0 Å². The lowest BCUT2D eigenvalue weighted by Gasteiger charge is -2.43. The molecule has 8 nitrogen and oxygen atoms in total. The highest BCUT2D eigenvalue weighted by Gasteiger charge is 2.50. The number of aromatic nitrogens is 2. The molecule has 1 fully saturated rings. The number of nitrogens with zero attached hydrogens (tertiary/aromatic N) is 3. The Morgan fingerprint density at radius 2 is 2.00 bits per heavy atom. The minimum Gasteiger partial charge on any atom is -0.444 e. The molecule has 0 saturated carbocycles. The molecule has 3 heterocycles. The van der Waals surface area contributed by atoms with E-state index in [1.165, 1.54) is 0 Å². The Balaban J connectivity index is 1.40. The monoisotopic (exact) mass is 448 g/mol. The number of carbonyl (C=O) groups excluding carboxylic acids is 2. The number of likely N-dealkylation sites (tertiary alicyclic amines) is 1. The number of rotatable bonds is 3. The predicted molar refractivity (Wildman–Crippen MR) is 117 cm³/mol. The third-order valence-electron chi connectivity index (χ3n) is 6.42. The van der Waals surface area contributed by atoms with E-state index in [1.54, 1.807) is 31.9 Å². The average molecular weight is 449 g/mol. The smallest absolute Gasteiger partial charge is 0.408 e. The molecule has 0 spiro atoms. The number of ether oxygens (including phenoxy) is 1. The predicted octanol–water partition coefficient (Wildman–Crippen LogP) is 3.22. The van der Waals surface area contributed by atoms with Crippen LogP contribution in [0.5, 0.6) is 0 Å². The van der Waals surface area contributed by atoms with Crippen LogP contribution in [0.2, 0.25) is 5.02 Å². The van der Waals surface area contributed by atoms with Crippen LogP contribution in [0.3, 0.4) is 0 Å². The van der Waals surface area contributed by atoms with E-state index in [0.29, 0.717) is 18.1 Å². The molecule has 0 bridgehead atoms. The molecule has 1 saturated heterocycles. The van der Waals surface area contributed by atoms with Crippen molar-refractivity contribution in [3.8, 4) is 0 Å². The van der Waals surface area contributed by atoms with Crippen molar-refractivity contribution in [2.24, 2.45) is 5.92 Å². The van der Waals surface area contributed by atoms with Crippen molar-refractivity contribution in [2.75, 3.05) is 19.6 Å². The maximum atomic E-state index is 12.5. The van der Waals surface area contributed by atoms with Crippen molar-refractivity contribution >= 4 is 34.5 Å². The van der Waals surface area contributed by atoms with Gasteiger partial charge in [-0.3, -0.25) is 9.48 Å². The van der Waals surface area contributed by atoms with Gasteiger partial charge in [0.1, 0.15) is 18.2 Å². The molecule has 31 heavy (non-hydrogen) atoms. The van der Waals surface area contributed by atoms with Crippen LogP contribution in [-0.2, 0) is 15.1 Å². The number of carbonyl (C=O) groups is 2. The van der Waals surface area contributed by atoms with Gasteiger partial charge in [-0.2, -0.15) is 5.10 Å². The van der Waals surface area contributed by atoms with E-state index >= 15 is 0 Å². The standard InChI is InChI=1S/C22H29ClN4O4/c1-21(2,3)31-20(30)24-12-17(28)26-7-5-14(6-8-26)22(4)19(29)16-10-15(23)9-13-11-25-27(22)18(13)16/h9-11,14,19,29H,5-8,12H2,1-4H3,(H,24,30)/t19-,22?/m1/s1. The van der Waals surface area contributed by atoms with E-state index in [-0.39, 0.29) is 18.4 Å². The molecule has 0 aliphatic carbocycles. The fourth-order valence-corrected chi connectivity index (χ4v) is 5.09. The van der Waals surface area contributed by atoms with Crippen LogP contribution in [0, 0.1) is 5.92 Å². The first-order valence-corrected chi connectivity index (χ1v) is 11.0. The molecule has 1 aromatic carbocycles. The van der Waals surface area contributed by atoms with Gasteiger partial charge in [0.2, 0.25) is 5.91 Å². The molecule has 1 aromatic heterocycles. The Morgan fingerprint density at radius 3 is 2.65 bits per heavy atom. The zero-order valence-electron chi connectivity index (χ0n) is 18.3. The Labute approximate surface area is 186 Å². The second kappa shape index (κ2) is 7.67. The average Bonchev–Trinajstić information content (AvgIpc) is 3.21. The van der Waals surface area contributed by atoms with E-state index in [9.17, 15) is 14.7 Å². The van der Waals surface area contributed by atoms with E-state index in [1.807, 2.05) is 23.7 Å². The van der Waals surface area contributed by atoms with Gasteiger partial charge >= 0.3 is 6.09 Å². The van der Waals surface area contributed by atoms with Gasteiger partial charge in [-0.15, -0.1) is 0 Å². The van der Waals surface area contributed by atoms with Crippen LogP contribution in [0.1, 0.15) is 52.2 Å².